The Bertz CT molecular complexity index is 2250. The van der Waals surface area contributed by atoms with Crippen molar-refractivity contribution in [2.75, 3.05) is 87.2 Å². The Balaban J connectivity index is 0.743. The molecule has 4 atom stereocenters. The van der Waals surface area contributed by atoms with Gasteiger partial charge in [-0.1, -0.05) is 39.3 Å². The number of nitrogens with zero attached hydrogens (tertiary/aromatic N) is 10. The highest BCUT2D eigenvalue weighted by Gasteiger charge is 2.39. The number of aliphatic hydroxyl groups is 2. The molecule has 4 aromatic rings. The lowest BCUT2D eigenvalue weighted by atomic mass is 9.93. The van der Waals surface area contributed by atoms with Crippen LogP contribution in [0.4, 0.5) is 23.5 Å². The summed E-state index contributed by atoms with van der Waals surface area (Å²) in [6.07, 6.45) is 18.9. The van der Waals surface area contributed by atoms with E-state index in [0.29, 0.717) is 29.8 Å². The van der Waals surface area contributed by atoms with E-state index < -0.39 is 0 Å². The summed E-state index contributed by atoms with van der Waals surface area (Å²) in [6.45, 7) is 20.6. The van der Waals surface area contributed by atoms with Crippen LogP contribution in [0.2, 0.25) is 0 Å². The van der Waals surface area contributed by atoms with Crippen LogP contribution in [-0.2, 0) is 13.1 Å². The van der Waals surface area contributed by atoms with Crippen LogP contribution in [-0.4, -0.2) is 162 Å². The molecule has 16 heteroatoms. The number of hydrogen-bond acceptors (Lipinski definition) is 16. The first-order valence-corrected chi connectivity index (χ1v) is 27.4. The molecule has 3 aliphatic carbocycles. The zero-order valence-electron chi connectivity index (χ0n) is 43.4. The van der Waals surface area contributed by atoms with Gasteiger partial charge in [0.1, 0.15) is 11.6 Å². The molecule has 0 bridgehead atoms. The Morgan fingerprint density at radius 2 is 1.08 bits per heavy atom. The van der Waals surface area contributed by atoms with E-state index in [4.69, 9.17) is 29.9 Å². The first-order chi connectivity index (χ1) is 34.5. The standard InChI is InChI=1S/C55H84N14O2/c1-6-7-49(37(2)3)63-55-59-33-48(53(65-55)62-44-12-16-46(71)17-13-44)51-19-9-40(31-57-51)35-68-24-26-69(27-25-68)36-42-29-41(42)28-38(4)60-54-58-32-47(52(64-54)61-43-10-14-45(70)15-11-43)50-18-8-39(30-56-50)34-67-22-20-66(5)21-23-67/h8-9,18-19,30-33,37-38,41-46,49,70-71H,6-7,10-17,20-29,34-36H2,1-5H3,(H2,58,60,61,64)(H2,59,62,63,65)/t38-,41?,42?,43?,44?,45?,46?,49?/m1/s1. The van der Waals surface area contributed by atoms with Gasteiger partial charge in [0.25, 0.3) is 0 Å². The van der Waals surface area contributed by atoms with Gasteiger partial charge >= 0.3 is 0 Å². The maximum atomic E-state index is 10.2. The number of anilines is 4. The summed E-state index contributed by atoms with van der Waals surface area (Å²) in [5.74, 6) is 4.86. The molecule has 16 nitrogen and oxygen atoms in total. The van der Waals surface area contributed by atoms with Gasteiger partial charge in [0.15, 0.2) is 0 Å². The highest BCUT2D eigenvalue weighted by molar-refractivity contribution is 5.74. The van der Waals surface area contributed by atoms with Gasteiger partial charge in [0.2, 0.25) is 11.9 Å². The average molecular weight is 973 g/mol. The van der Waals surface area contributed by atoms with Crippen LogP contribution in [0.5, 0.6) is 0 Å². The van der Waals surface area contributed by atoms with Crippen LogP contribution in [0.25, 0.3) is 22.5 Å². The normalized spacial score (nSPS) is 25.7. The SMILES string of the molecule is CCCC(Nc1ncc(-c2ccc(CN3CCN(CC4CC4C[C@@H](C)Nc4ncc(-c5ccc(CN6CCN(C)CC6)cn5)c(NC5CCC(O)CC5)n4)CC3)cn2)c(NC2CCC(O)CC2)n1)C(C)C. The molecule has 4 aromatic heterocycles. The Morgan fingerprint density at radius 1 is 0.592 bits per heavy atom. The van der Waals surface area contributed by atoms with Crippen LogP contribution in [0, 0.1) is 17.8 Å². The monoisotopic (exact) mass is 973 g/mol. The fourth-order valence-corrected chi connectivity index (χ4v) is 11.3. The first kappa shape index (κ1) is 51.3. The van der Waals surface area contributed by atoms with Crippen molar-refractivity contribution in [3.8, 4) is 22.5 Å². The summed E-state index contributed by atoms with van der Waals surface area (Å²) in [5, 5.41) is 35.1. The number of piperazine rings is 2. The molecule has 9 rings (SSSR count). The quantitative estimate of drug-likeness (QED) is 0.0485. The summed E-state index contributed by atoms with van der Waals surface area (Å²) >= 11 is 0. The van der Waals surface area contributed by atoms with Crippen LogP contribution >= 0.6 is 0 Å². The predicted octanol–water partition coefficient (Wildman–Crippen LogP) is 7.45. The lowest BCUT2D eigenvalue weighted by molar-refractivity contribution is 0.121. The maximum absolute atomic E-state index is 10.2. The number of pyridine rings is 2. The number of aliphatic hydroxyl groups excluding tert-OH is 2. The lowest BCUT2D eigenvalue weighted by Gasteiger charge is -2.34. The molecule has 2 aliphatic heterocycles. The molecule has 0 radical (unpaired) electrons. The van der Waals surface area contributed by atoms with Gasteiger partial charge in [-0.15, -0.1) is 0 Å². The van der Waals surface area contributed by atoms with Crippen molar-refractivity contribution in [3.05, 3.63) is 60.2 Å². The molecule has 71 heavy (non-hydrogen) atoms. The van der Waals surface area contributed by atoms with Crippen molar-refractivity contribution in [1.29, 1.82) is 0 Å². The van der Waals surface area contributed by atoms with Crippen molar-refractivity contribution < 1.29 is 10.2 Å². The minimum Gasteiger partial charge on any atom is -0.393 e. The zero-order valence-corrected chi connectivity index (χ0v) is 43.4. The van der Waals surface area contributed by atoms with E-state index in [2.05, 4.69) is 99.9 Å². The molecular weight excluding hydrogens is 889 g/mol. The van der Waals surface area contributed by atoms with Crippen LogP contribution in [0.1, 0.15) is 116 Å². The van der Waals surface area contributed by atoms with Gasteiger partial charge in [0.05, 0.1) is 34.7 Å². The van der Waals surface area contributed by atoms with E-state index in [1.54, 1.807) is 0 Å². The fourth-order valence-electron chi connectivity index (χ4n) is 11.3. The Labute approximate surface area is 423 Å². The van der Waals surface area contributed by atoms with Crippen molar-refractivity contribution >= 4 is 23.5 Å². The van der Waals surface area contributed by atoms with Crippen molar-refractivity contribution in [1.82, 2.24) is 49.5 Å². The number of nitrogens with one attached hydrogen (secondary N) is 4. The third-order valence-corrected chi connectivity index (χ3v) is 16.0. The molecule has 0 aromatic carbocycles. The molecule has 6 heterocycles. The summed E-state index contributed by atoms with van der Waals surface area (Å²) in [7, 11) is 2.19. The average Bonchev–Trinajstić information content (AvgIpc) is 4.10. The lowest BCUT2D eigenvalue weighted by Crippen LogP contribution is -2.46. The number of aromatic nitrogens is 6. The Kier molecular flexibility index (Phi) is 17.7. The summed E-state index contributed by atoms with van der Waals surface area (Å²) in [4.78, 5) is 39.7. The molecule has 6 N–H and O–H groups in total. The fraction of sp³-hybridized carbons (Fsp3) is 0.673. The predicted molar refractivity (Wildman–Crippen MR) is 285 cm³/mol. The van der Waals surface area contributed by atoms with E-state index in [0.717, 1.165) is 176 Å². The van der Waals surface area contributed by atoms with Gasteiger partial charge in [-0.05, 0) is 126 Å². The number of likely N-dealkylation sites (N-methyl/N-ethyl adjacent to an activating group) is 1. The van der Waals surface area contributed by atoms with Gasteiger partial charge in [0, 0.05) is 121 Å². The molecular formula is C55H84N14O2. The summed E-state index contributed by atoms with van der Waals surface area (Å²) < 4.78 is 0. The number of rotatable bonds is 21. The Morgan fingerprint density at radius 3 is 1.56 bits per heavy atom. The van der Waals surface area contributed by atoms with E-state index in [1.807, 2.05) is 24.8 Å². The molecule has 0 amide bonds. The van der Waals surface area contributed by atoms with E-state index in [-0.39, 0.29) is 30.3 Å². The summed E-state index contributed by atoms with van der Waals surface area (Å²) in [6, 6.07) is 9.73. The zero-order chi connectivity index (χ0) is 49.3. The first-order valence-electron chi connectivity index (χ1n) is 27.4. The van der Waals surface area contributed by atoms with Crippen LogP contribution in [0.15, 0.2) is 49.1 Å². The van der Waals surface area contributed by atoms with E-state index >= 15 is 0 Å². The highest BCUT2D eigenvalue weighted by Crippen LogP contribution is 2.43. The summed E-state index contributed by atoms with van der Waals surface area (Å²) in [5.41, 5.74) is 6.02. The second-order valence-electron chi connectivity index (χ2n) is 22.3. The minimum atomic E-state index is -0.209. The molecule has 5 aliphatic rings. The van der Waals surface area contributed by atoms with Crippen molar-refractivity contribution in [3.63, 3.8) is 0 Å². The van der Waals surface area contributed by atoms with Gasteiger partial charge in [-0.3, -0.25) is 19.8 Å². The minimum absolute atomic E-state index is 0.207. The maximum Gasteiger partial charge on any atom is 0.224 e. The molecule has 0 spiro atoms. The topological polar surface area (TPSA) is 179 Å². The number of hydrogen-bond donors (Lipinski definition) is 6. The van der Waals surface area contributed by atoms with Crippen LogP contribution < -0.4 is 21.3 Å². The molecule has 5 fully saturated rings. The van der Waals surface area contributed by atoms with E-state index in [9.17, 15) is 10.2 Å². The van der Waals surface area contributed by atoms with Gasteiger partial charge < -0.3 is 41.3 Å². The third kappa shape index (κ3) is 14.6. The van der Waals surface area contributed by atoms with E-state index in [1.165, 1.54) is 24.1 Å². The molecule has 3 unspecified atom stereocenters. The molecule has 386 valence electrons. The molecule has 3 saturated carbocycles. The highest BCUT2D eigenvalue weighted by atomic mass is 16.3. The van der Waals surface area contributed by atoms with Crippen molar-refractivity contribution in [2.24, 2.45) is 17.8 Å². The largest absolute Gasteiger partial charge is 0.393 e. The van der Waals surface area contributed by atoms with Crippen molar-refractivity contribution in [2.45, 2.75) is 154 Å². The third-order valence-electron chi connectivity index (χ3n) is 16.0. The second kappa shape index (κ2) is 24.4. The van der Waals surface area contributed by atoms with Gasteiger partial charge in [-0.2, -0.15) is 9.97 Å². The smallest absolute Gasteiger partial charge is 0.224 e. The Hall–Kier alpha value is -4.58. The molecule has 2 saturated heterocycles. The van der Waals surface area contributed by atoms with Crippen LogP contribution in [0.3, 0.4) is 0 Å². The second-order valence-corrected chi connectivity index (χ2v) is 22.3. The van der Waals surface area contributed by atoms with Gasteiger partial charge in [-0.25, -0.2) is 9.97 Å².